The van der Waals surface area contributed by atoms with Crippen molar-refractivity contribution >= 4 is 5.82 Å². The summed E-state index contributed by atoms with van der Waals surface area (Å²) in [7, 11) is 0. The van der Waals surface area contributed by atoms with Crippen LogP contribution in [-0.4, -0.2) is 29.7 Å². The van der Waals surface area contributed by atoms with Crippen molar-refractivity contribution in [2.24, 2.45) is 5.73 Å². The van der Waals surface area contributed by atoms with Crippen molar-refractivity contribution in [3.05, 3.63) is 12.4 Å². The molecule has 0 bridgehead atoms. The number of anilines is 1. The van der Waals surface area contributed by atoms with Crippen LogP contribution in [0.25, 0.3) is 0 Å². The van der Waals surface area contributed by atoms with Gasteiger partial charge in [-0.05, 0) is 6.92 Å². The molecule has 0 atom stereocenters. The molecule has 1 aromatic rings. The predicted octanol–water partition coefficient (Wildman–Crippen LogP) is 0.246. The number of rotatable bonds is 5. The molecule has 5 heteroatoms. The number of nitrogens with zero attached hydrogens (tertiary/aromatic N) is 2. The van der Waals surface area contributed by atoms with Gasteiger partial charge in [0.25, 0.3) is 0 Å². The molecule has 0 aromatic carbocycles. The largest absolute Gasteiger partial charge is 0.477 e. The van der Waals surface area contributed by atoms with E-state index in [9.17, 15) is 0 Å². The van der Waals surface area contributed by atoms with Crippen molar-refractivity contribution in [3.8, 4) is 5.88 Å². The van der Waals surface area contributed by atoms with E-state index in [0.717, 1.165) is 0 Å². The number of ether oxygens (including phenoxy) is 1. The molecular formula is C8H14N4O. The van der Waals surface area contributed by atoms with Gasteiger partial charge in [-0.2, -0.15) is 4.98 Å². The van der Waals surface area contributed by atoms with Crippen molar-refractivity contribution in [1.82, 2.24) is 9.97 Å². The molecule has 0 aliphatic carbocycles. The van der Waals surface area contributed by atoms with Crippen LogP contribution in [0.15, 0.2) is 12.4 Å². The van der Waals surface area contributed by atoms with Crippen LogP contribution in [0.5, 0.6) is 5.88 Å². The van der Waals surface area contributed by atoms with Crippen molar-refractivity contribution in [2.45, 2.75) is 6.92 Å². The molecule has 72 valence electrons. The molecule has 1 aromatic heterocycles. The van der Waals surface area contributed by atoms with E-state index in [2.05, 4.69) is 15.3 Å². The first-order valence-electron chi connectivity index (χ1n) is 4.25. The Morgan fingerprint density at radius 1 is 1.54 bits per heavy atom. The average Bonchev–Trinajstić information content (AvgIpc) is 2.16. The SMILES string of the molecule is CCOc1cncc(NCCN)n1. The summed E-state index contributed by atoms with van der Waals surface area (Å²) in [5.41, 5.74) is 5.33. The Bertz CT molecular complexity index is 254. The van der Waals surface area contributed by atoms with Crippen LogP contribution < -0.4 is 15.8 Å². The molecule has 0 amide bonds. The summed E-state index contributed by atoms with van der Waals surface area (Å²) >= 11 is 0. The van der Waals surface area contributed by atoms with Crippen LogP contribution in [0, 0.1) is 0 Å². The van der Waals surface area contributed by atoms with E-state index < -0.39 is 0 Å². The highest BCUT2D eigenvalue weighted by molar-refractivity contribution is 5.32. The predicted molar refractivity (Wildman–Crippen MR) is 50.7 cm³/mol. The fraction of sp³-hybridized carbons (Fsp3) is 0.500. The topological polar surface area (TPSA) is 73.1 Å². The minimum Gasteiger partial charge on any atom is -0.477 e. The molecule has 0 aliphatic heterocycles. The van der Waals surface area contributed by atoms with Crippen LogP contribution in [0.2, 0.25) is 0 Å². The summed E-state index contributed by atoms with van der Waals surface area (Å²) in [6, 6.07) is 0. The van der Waals surface area contributed by atoms with Crippen LogP contribution in [0.1, 0.15) is 6.92 Å². The second kappa shape index (κ2) is 5.31. The standard InChI is InChI=1S/C8H14N4O/c1-2-13-8-6-10-5-7(12-8)11-4-3-9/h5-6H,2-4,9H2,1H3,(H,11,12). The third-order valence-corrected chi connectivity index (χ3v) is 1.36. The van der Waals surface area contributed by atoms with Gasteiger partial charge in [-0.3, -0.25) is 4.98 Å². The van der Waals surface area contributed by atoms with Crippen molar-refractivity contribution in [2.75, 3.05) is 25.0 Å². The Labute approximate surface area is 77.3 Å². The highest BCUT2D eigenvalue weighted by atomic mass is 16.5. The monoisotopic (exact) mass is 182 g/mol. The number of hydrogen-bond donors (Lipinski definition) is 2. The molecule has 0 saturated heterocycles. The molecule has 0 fully saturated rings. The summed E-state index contributed by atoms with van der Waals surface area (Å²) in [6.07, 6.45) is 3.22. The maximum absolute atomic E-state index is 5.33. The van der Waals surface area contributed by atoms with Gasteiger partial charge in [0.1, 0.15) is 5.82 Å². The van der Waals surface area contributed by atoms with Gasteiger partial charge < -0.3 is 15.8 Å². The molecule has 1 rings (SSSR count). The van der Waals surface area contributed by atoms with E-state index in [0.29, 0.717) is 31.4 Å². The van der Waals surface area contributed by atoms with E-state index in [4.69, 9.17) is 10.5 Å². The zero-order valence-electron chi connectivity index (χ0n) is 7.66. The molecule has 0 saturated carbocycles. The molecule has 0 unspecified atom stereocenters. The van der Waals surface area contributed by atoms with Crippen LogP contribution in [0.4, 0.5) is 5.82 Å². The fourth-order valence-corrected chi connectivity index (χ4v) is 0.851. The first kappa shape index (κ1) is 9.73. The maximum atomic E-state index is 5.33. The van der Waals surface area contributed by atoms with Crippen LogP contribution >= 0.6 is 0 Å². The molecule has 0 radical (unpaired) electrons. The third-order valence-electron chi connectivity index (χ3n) is 1.36. The quantitative estimate of drug-likeness (QED) is 0.682. The van der Waals surface area contributed by atoms with Gasteiger partial charge in [0, 0.05) is 13.1 Å². The first-order chi connectivity index (χ1) is 6.36. The lowest BCUT2D eigenvalue weighted by molar-refractivity contribution is 0.325. The maximum Gasteiger partial charge on any atom is 0.234 e. The van der Waals surface area contributed by atoms with Crippen LogP contribution in [-0.2, 0) is 0 Å². The number of nitrogens with two attached hydrogens (primary N) is 1. The third kappa shape index (κ3) is 3.25. The van der Waals surface area contributed by atoms with Crippen molar-refractivity contribution < 1.29 is 4.74 Å². The Morgan fingerprint density at radius 2 is 2.38 bits per heavy atom. The van der Waals surface area contributed by atoms with Crippen molar-refractivity contribution in [1.29, 1.82) is 0 Å². The Morgan fingerprint density at radius 3 is 3.08 bits per heavy atom. The second-order valence-corrected chi connectivity index (χ2v) is 2.39. The fourth-order valence-electron chi connectivity index (χ4n) is 0.851. The number of hydrogen-bond acceptors (Lipinski definition) is 5. The zero-order chi connectivity index (χ0) is 9.52. The van der Waals surface area contributed by atoms with E-state index in [1.54, 1.807) is 12.4 Å². The number of aromatic nitrogens is 2. The average molecular weight is 182 g/mol. The number of nitrogens with one attached hydrogen (secondary N) is 1. The summed E-state index contributed by atoms with van der Waals surface area (Å²) < 4.78 is 5.18. The van der Waals surface area contributed by atoms with Gasteiger partial charge in [0.2, 0.25) is 5.88 Å². The lowest BCUT2D eigenvalue weighted by Crippen LogP contribution is -2.14. The normalized spacial score (nSPS) is 9.69. The molecule has 0 aliphatic rings. The molecule has 13 heavy (non-hydrogen) atoms. The van der Waals surface area contributed by atoms with Gasteiger partial charge in [-0.1, -0.05) is 0 Å². The summed E-state index contributed by atoms with van der Waals surface area (Å²) in [5.74, 6) is 1.22. The smallest absolute Gasteiger partial charge is 0.234 e. The van der Waals surface area contributed by atoms with Gasteiger partial charge in [0.05, 0.1) is 19.0 Å². The summed E-state index contributed by atoms with van der Waals surface area (Å²) in [5, 5.41) is 3.01. The Balaban J connectivity index is 2.56. The molecule has 0 spiro atoms. The molecule has 3 N–H and O–H groups in total. The van der Waals surface area contributed by atoms with E-state index in [1.165, 1.54) is 0 Å². The first-order valence-corrected chi connectivity index (χ1v) is 4.25. The molecule has 5 nitrogen and oxygen atoms in total. The highest BCUT2D eigenvalue weighted by Crippen LogP contribution is 2.07. The van der Waals surface area contributed by atoms with Gasteiger partial charge in [0.15, 0.2) is 0 Å². The van der Waals surface area contributed by atoms with E-state index >= 15 is 0 Å². The van der Waals surface area contributed by atoms with Gasteiger partial charge in [-0.25, -0.2) is 0 Å². The van der Waals surface area contributed by atoms with Crippen LogP contribution in [0.3, 0.4) is 0 Å². The molecular weight excluding hydrogens is 168 g/mol. The minimum absolute atomic E-state index is 0.532. The van der Waals surface area contributed by atoms with Gasteiger partial charge in [-0.15, -0.1) is 0 Å². The zero-order valence-corrected chi connectivity index (χ0v) is 7.66. The lowest BCUT2D eigenvalue weighted by atomic mass is 10.6. The summed E-state index contributed by atoms with van der Waals surface area (Å²) in [6.45, 7) is 3.75. The lowest BCUT2D eigenvalue weighted by Gasteiger charge is -2.05. The highest BCUT2D eigenvalue weighted by Gasteiger charge is 1.96. The van der Waals surface area contributed by atoms with Gasteiger partial charge >= 0.3 is 0 Å². The van der Waals surface area contributed by atoms with Crippen molar-refractivity contribution in [3.63, 3.8) is 0 Å². The minimum atomic E-state index is 0.532. The summed E-state index contributed by atoms with van der Waals surface area (Å²) in [4.78, 5) is 8.11. The Kier molecular flexibility index (Phi) is 3.98. The Hall–Kier alpha value is -1.36. The second-order valence-electron chi connectivity index (χ2n) is 2.39. The van der Waals surface area contributed by atoms with E-state index in [-0.39, 0.29) is 0 Å². The molecule has 1 heterocycles. The van der Waals surface area contributed by atoms with E-state index in [1.807, 2.05) is 6.92 Å².